The molecular formula is C15H29N3. The number of nitrogens with one attached hydrogen (secondary N) is 1. The molecule has 1 N–H and O–H groups in total. The number of nitrogens with zero attached hydrogens (tertiary/aromatic N) is 2. The highest BCUT2D eigenvalue weighted by atomic mass is 15.2. The van der Waals surface area contributed by atoms with Crippen molar-refractivity contribution in [3.8, 4) is 0 Å². The van der Waals surface area contributed by atoms with Crippen molar-refractivity contribution in [2.75, 3.05) is 6.54 Å². The molecule has 0 aliphatic carbocycles. The van der Waals surface area contributed by atoms with E-state index in [-0.39, 0.29) is 0 Å². The van der Waals surface area contributed by atoms with Crippen LogP contribution < -0.4 is 5.32 Å². The summed E-state index contributed by atoms with van der Waals surface area (Å²) < 4.78 is 1.88. The Morgan fingerprint density at radius 1 is 1.39 bits per heavy atom. The van der Waals surface area contributed by atoms with Crippen LogP contribution in [0.3, 0.4) is 0 Å². The van der Waals surface area contributed by atoms with Crippen molar-refractivity contribution in [2.45, 2.75) is 53.5 Å². The van der Waals surface area contributed by atoms with Gasteiger partial charge >= 0.3 is 0 Å². The lowest BCUT2D eigenvalue weighted by molar-refractivity contribution is 0.276. The van der Waals surface area contributed by atoms with Gasteiger partial charge < -0.3 is 5.32 Å². The summed E-state index contributed by atoms with van der Waals surface area (Å²) in [7, 11) is 1.98. The molecule has 3 heteroatoms. The summed E-state index contributed by atoms with van der Waals surface area (Å²) in [5, 5.41) is 7.85. The molecule has 0 radical (unpaired) electrons. The molecule has 0 spiro atoms. The molecule has 0 amide bonds. The smallest absolute Gasteiger partial charge is 0.0537 e. The molecule has 0 aliphatic heterocycles. The summed E-state index contributed by atoms with van der Waals surface area (Å²) in [5.41, 5.74) is 1.71. The first kappa shape index (κ1) is 15.2. The van der Waals surface area contributed by atoms with Crippen LogP contribution in [-0.2, 0) is 7.05 Å². The quantitative estimate of drug-likeness (QED) is 0.838. The minimum Gasteiger partial charge on any atom is -0.310 e. The molecule has 1 rings (SSSR count). The maximum Gasteiger partial charge on any atom is 0.0537 e. The zero-order valence-corrected chi connectivity index (χ0v) is 12.8. The van der Waals surface area contributed by atoms with Crippen LogP contribution in [0.25, 0.3) is 0 Å². The molecule has 2 unspecified atom stereocenters. The third-order valence-electron chi connectivity index (χ3n) is 3.18. The maximum atomic E-state index is 4.28. The number of aromatic nitrogens is 2. The first-order valence-electron chi connectivity index (χ1n) is 7.03. The molecule has 18 heavy (non-hydrogen) atoms. The highest BCUT2D eigenvalue weighted by Gasteiger charge is 2.20. The minimum absolute atomic E-state index is 0.408. The molecule has 0 aromatic carbocycles. The number of hydrogen-bond donors (Lipinski definition) is 1. The summed E-state index contributed by atoms with van der Waals surface area (Å²) in [5.74, 6) is 0.717. The topological polar surface area (TPSA) is 29.9 Å². The average molecular weight is 251 g/mol. The summed E-state index contributed by atoms with van der Waals surface area (Å²) in [6.07, 6.45) is 6.54. The normalized spacial score (nSPS) is 15.7. The van der Waals surface area contributed by atoms with E-state index in [1.165, 1.54) is 18.4 Å². The van der Waals surface area contributed by atoms with Gasteiger partial charge in [0.1, 0.15) is 0 Å². The van der Waals surface area contributed by atoms with E-state index >= 15 is 0 Å². The Morgan fingerprint density at radius 2 is 2.06 bits per heavy atom. The van der Waals surface area contributed by atoms with Gasteiger partial charge in [-0.05, 0) is 30.7 Å². The molecule has 2 atom stereocenters. The lowest BCUT2D eigenvalue weighted by atomic mass is 9.82. The molecule has 0 bridgehead atoms. The van der Waals surface area contributed by atoms with Crippen LogP contribution in [0.15, 0.2) is 12.4 Å². The third-order valence-corrected chi connectivity index (χ3v) is 3.18. The molecule has 3 nitrogen and oxygen atoms in total. The molecule has 104 valence electrons. The van der Waals surface area contributed by atoms with Gasteiger partial charge in [-0.1, -0.05) is 34.6 Å². The van der Waals surface area contributed by atoms with Crippen LogP contribution in [0.2, 0.25) is 0 Å². The molecule has 0 fully saturated rings. The predicted octanol–water partition coefficient (Wildman–Crippen LogP) is 3.53. The Kier molecular flexibility index (Phi) is 5.39. The number of rotatable bonds is 6. The zero-order valence-electron chi connectivity index (χ0n) is 12.8. The van der Waals surface area contributed by atoms with Crippen molar-refractivity contribution in [2.24, 2.45) is 18.4 Å². The van der Waals surface area contributed by atoms with Crippen molar-refractivity contribution in [1.82, 2.24) is 15.1 Å². The second-order valence-corrected chi connectivity index (χ2v) is 6.66. The van der Waals surface area contributed by atoms with Gasteiger partial charge in [-0.15, -0.1) is 0 Å². The Morgan fingerprint density at radius 3 is 2.50 bits per heavy atom. The molecule has 1 heterocycles. The fourth-order valence-electron chi connectivity index (χ4n) is 2.73. The summed E-state index contributed by atoms with van der Waals surface area (Å²) in [4.78, 5) is 0. The number of hydrogen-bond acceptors (Lipinski definition) is 2. The molecule has 1 aromatic heterocycles. The fraction of sp³-hybridized carbons (Fsp3) is 0.800. The van der Waals surface area contributed by atoms with E-state index in [1.807, 2.05) is 17.9 Å². The highest BCUT2D eigenvalue weighted by molar-refractivity contribution is 5.10. The average Bonchev–Trinajstić information content (AvgIpc) is 2.61. The summed E-state index contributed by atoms with van der Waals surface area (Å²) >= 11 is 0. The van der Waals surface area contributed by atoms with E-state index in [1.54, 1.807) is 0 Å². The van der Waals surface area contributed by atoms with Gasteiger partial charge in [-0.25, -0.2) is 0 Å². The van der Waals surface area contributed by atoms with Crippen molar-refractivity contribution >= 4 is 0 Å². The van der Waals surface area contributed by atoms with Gasteiger partial charge in [0.2, 0.25) is 0 Å². The first-order chi connectivity index (χ1) is 8.31. The van der Waals surface area contributed by atoms with Crippen LogP contribution in [0, 0.1) is 11.3 Å². The van der Waals surface area contributed by atoms with Gasteiger partial charge in [0.05, 0.1) is 6.20 Å². The van der Waals surface area contributed by atoms with E-state index in [2.05, 4.69) is 51.2 Å². The highest BCUT2D eigenvalue weighted by Crippen LogP contribution is 2.30. The second-order valence-electron chi connectivity index (χ2n) is 6.66. The largest absolute Gasteiger partial charge is 0.310 e. The van der Waals surface area contributed by atoms with Crippen molar-refractivity contribution in [1.29, 1.82) is 0 Å². The van der Waals surface area contributed by atoms with E-state index in [4.69, 9.17) is 0 Å². The van der Waals surface area contributed by atoms with Gasteiger partial charge in [0.15, 0.2) is 0 Å². The minimum atomic E-state index is 0.408. The molecule has 0 saturated heterocycles. The molecular weight excluding hydrogens is 222 g/mol. The Hall–Kier alpha value is -0.830. The van der Waals surface area contributed by atoms with E-state index in [9.17, 15) is 0 Å². The lowest BCUT2D eigenvalue weighted by Gasteiger charge is -2.26. The van der Waals surface area contributed by atoms with Gasteiger partial charge in [0.25, 0.3) is 0 Å². The molecule has 1 aromatic rings. The van der Waals surface area contributed by atoms with Gasteiger partial charge in [-0.2, -0.15) is 5.10 Å². The first-order valence-corrected chi connectivity index (χ1v) is 7.03. The fourth-order valence-corrected chi connectivity index (χ4v) is 2.73. The third kappa shape index (κ3) is 5.21. The van der Waals surface area contributed by atoms with Crippen LogP contribution in [0.5, 0.6) is 0 Å². The monoisotopic (exact) mass is 251 g/mol. The van der Waals surface area contributed by atoms with Crippen molar-refractivity contribution < 1.29 is 0 Å². The van der Waals surface area contributed by atoms with E-state index < -0.39 is 0 Å². The van der Waals surface area contributed by atoms with Crippen LogP contribution >= 0.6 is 0 Å². The van der Waals surface area contributed by atoms with E-state index in [0.717, 1.165) is 6.54 Å². The Balaban J connectivity index is 2.63. The van der Waals surface area contributed by atoms with Crippen LogP contribution in [0.1, 0.15) is 59.1 Å². The molecule has 0 aliphatic rings. The Bertz CT molecular complexity index is 349. The predicted molar refractivity (Wildman–Crippen MR) is 77.5 cm³/mol. The second kappa shape index (κ2) is 6.37. The van der Waals surface area contributed by atoms with Crippen molar-refractivity contribution in [3.05, 3.63) is 18.0 Å². The SMILES string of the molecule is CCNC(CC(C)CC(C)(C)C)c1cnn(C)c1. The van der Waals surface area contributed by atoms with Crippen molar-refractivity contribution in [3.63, 3.8) is 0 Å². The van der Waals surface area contributed by atoms with E-state index in [0.29, 0.717) is 17.4 Å². The van der Waals surface area contributed by atoms with Crippen LogP contribution in [-0.4, -0.2) is 16.3 Å². The zero-order chi connectivity index (χ0) is 13.8. The van der Waals surface area contributed by atoms with Gasteiger partial charge in [0, 0.05) is 24.8 Å². The lowest BCUT2D eigenvalue weighted by Crippen LogP contribution is -2.24. The Labute approximate surface area is 112 Å². The summed E-state index contributed by atoms with van der Waals surface area (Å²) in [6.45, 7) is 12.5. The number of aryl methyl sites for hydroxylation is 1. The maximum absolute atomic E-state index is 4.28. The molecule has 0 saturated carbocycles. The van der Waals surface area contributed by atoms with Gasteiger partial charge in [-0.3, -0.25) is 4.68 Å². The summed E-state index contributed by atoms with van der Waals surface area (Å²) in [6, 6.07) is 0.432. The van der Waals surface area contributed by atoms with Crippen LogP contribution in [0.4, 0.5) is 0 Å². The standard InChI is InChI=1S/C15H29N3/c1-7-16-14(13-10-17-18(6)11-13)8-12(2)9-15(3,4)5/h10-12,14,16H,7-9H2,1-6H3.